The number of benzene rings is 2. The molecule has 0 aromatic heterocycles. The first-order valence-electron chi connectivity index (χ1n) is 7.72. The van der Waals surface area contributed by atoms with E-state index in [1.54, 1.807) is 0 Å². The molecular formula is C20H30N2. The number of nitrogens with two attached hydrogens (primary N) is 2. The smallest absolute Gasteiger partial charge is 0.0314 e. The lowest BCUT2D eigenvalue weighted by Crippen LogP contribution is -2.10. The van der Waals surface area contributed by atoms with Crippen LogP contribution in [-0.2, 0) is 10.8 Å². The van der Waals surface area contributed by atoms with Crippen molar-refractivity contribution in [2.24, 2.45) is 0 Å². The van der Waals surface area contributed by atoms with Crippen molar-refractivity contribution in [1.29, 1.82) is 0 Å². The van der Waals surface area contributed by atoms with Crippen molar-refractivity contribution in [3.8, 4) is 0 Å². The third-order valence-corrected chi connectivity index (χ3v) is 3.55. The maximum Gasteiger partial charge on any atom is 0.0314 e. The van der Waals surface area contributed by atoms with Gasteiger partial charge in [0.25, 0.3) is 0 Å². The highest BCUT2D eigenvalue weighted by atomic mass is 14.5. The molecule has 2 nitrogen and oxygen atoms in total. The lowest BCUT2D eigenvalue weighted by Gasteiger charge is -2.18. The van der Waals surface area contributed by atoms with Crippen LogP contribution in [-0.4, -0.2) is 0 Å². The topological polar surface area (TPSA) is 52.0 Å². The summed E-state index contributed by atoms with van der Waals surface area (Å²) < 4.78 is 0. The summed E-state index contributed by atoms with van der Waals surface area (Å²) in [7, 11) is 0. The summed E-state index contributed by atoms with van der Waals surface area (Å²) in [5, 5.41) is 0. The van der Waals surface area contributed by atoms with Crippen LogP contribution in [0.15, 0.2) is 48.5 Å². The summed E-state index contributed by atoms with van der Waals surface area (Å²) in [5.74, 6) is 0. The van der Waals surface area contributed by atoms with Crippen molar-refractivity contribution in [3.05, 3.63) is 59.7 Å². The maximum atomic E-state index is 5.57. The summed E-state index contributed by atoms with van der Waals surface area (Å²) in [5.41, 5.74) is 15.9. The van der Waals surface area contributed by atoms with E-state index in [2.05, 4.69) is 65.8 Å². The first-order chi connectivity index (χ1) is 10.00. The third kappa shape index (κ3) is 5.80. The molecule has 0 aliphatic rings. The molecule has 0 atom stereocenters. The Balaban J connectivity index is 0.000000220. The van der Waals surface area contributed by atoms with Gasteiger partial charge in [-0.25, -0.2) is 0 Å². The minimum atomic E-state index is 0.230. The van der Waals surface area contributed by atoms with Crippen LogP contribution >= 0.6 is 0 Å². The minimum absolute atomic E-state index is 0.230. The first kappa shape index (κ1) is 18.1. The van der Waals surface area contributed by atoms with Crippen molar-refractivity contribution in [1.82, 2.24) is 0 Å². The first-order valence-corrected chi connectivity index (χ1v) is 7.72. The highest BCUT2D eigenvalue weighted by Gasteiger charge is 2.12. The number of hydrogen-bond donors (Lipinski definition) is 2. The van der Waals surface area contributed by atoms with Crippen molar-refractivity contribution in [2.75, 3.05) is 11.5 Å². The Hall–Kier alpha value is -1.96. The fourth-order valence-electron chi connectivity index (χ4n) is 1.97. The van der Waals surface area contributed by atoms with E-state index in [1.807, 2.05) is 24.3 Å². The Morgan fingerprint density at radius 3 is 0.909 bits per heavy atom. The molecule has 2 aromatic carbocycles. The quantitative estimate of drug-likeness (QED) is 0.662. The molecular weight excluding hydrogens is 268 g/mol. The normalized spacial score (nSPS) is 11.5. The lowest BCUT2D eigenvalue weighted by atomic mass is 9.87. The summed E-state index contributed by atoms with van der Waals surface area (Å²) in [6, 6.07) is 16.1. The van der Waals surface area contributed by atoms with E-state index in [9.17, 15) is 0 Å². The van der Waals surface area contributed by atoms with E-state index >= 15 is 0 Å². The average Bonchev–Trinajstić information content (AvgIpc) is 2.38. The van der Waals surface area contributed by atoms with Crippen molar-refractivity contribution < 1.29 is 0 Å². The average molecular weight is 298 g/mol. The molecule has 0 aliphatic heterocycles. The molecule has 2 rings (SSSR count). The van der Waals surface area contributed by atoms with Crippen molar-refractivity contribution in [3.63, 3.8) is 0 Å². The molecule has 0 heterocycles. The molecule has 0 saturated heterocycles. The molecule has 0 fully saturated rings. The molecule has 0 unspecified atom stereocenters. The fourth-order valence-corrected chi connectivity index (χ4v) is 1.97. The number of anilines is 2. The van der Waals surface area contributed by atoms with Gasteiger partial charge in [-0.05, 0) is 46.2 Å². The molecule has 0 radical (unpaired) electrons. The van der Waals surface area contributed by atoms with E-state index in [-0.39, 0.29) is 10.8 Å². The van der Waals surface area contributed by atoms with Gasteiger partial charge in [-0.15, -0.1) is 0 Å². The van der Waals surface area contributed by atoms with Gasteiger partial charge in [0.05, 0.1) is 0 Å². The molecule has 0 amide bonds. The highest BCUT2D eigenvalue weighted by molar-refractivity contribution is 5.41. The molecule has 0 saturated carbocycles. The van der Waals surface area contributed by atoms with Crippen LogP contribution in [0.1, 0.15) is 52.7 Å². The van der Waals surface area contributed by atoms with Crippen molar-refractivity contribution in [2.45, 2.75) is 52.4 Å². The summed E-state index contributed by atoms with van der Waals surface area (Å²) in [4.78, 5) is 0. The van der Waals surface area contributed by atoms with E-state index in [4.69, 9.17) is 11.5 Å². The minimum Gasteiger partial charge on any atom is -0.399 e. The monoisotopic (exact) mass is 298 g/mol. The highest BCUT2D eigenvalue weighted by Crippen LogP contribution is 2.23. The standard InChI is InChI=1S/2C10H15N/c2*1-10(2,3)8-4-6-9(11)7-5-8/h2*4-7H,11H2,1-3H3. The van der Waals surface area contributed by atoms with Gasteiger partial charge in [0.2, 0.25) is 0 Å². The van der Waals surface area contributed by atoms with Gasteiger partial charge in [0.1, 0.15) is 0 Å². The van der Waals surface area contributed by atoms with Gasteiger partial charge in [-0.2, -0.15) is 0 Å². The van der Waals surface area contributed by atoms with E-state index in [0.717, 1.165) is 11.4 Å². The van der Waals surface area contributed by atoms with Gasteiger partial charge in [0.15, 0.2) is 0 Å². The zero-order valence-corrected chi connectivity index (χ0v) is 14.8. The maximum absolute atomic E-state index is 5.57. The Kier molecular flexibility index (Phi) is 5.65. The number of nitrogen functional groups attached to an aromatic ring is 2. The molecule has 2 aromatic rings. The summed E-state index contributed by atoms with van der Waals surface area (Å²) in [6.07, 6.45) is 0. The van der Waals surface area contributed by atoms with Crippen LogP contribution in [0.4, 0.5) is 11.4 Å². The second kappa shape index (κ2) is 6.87. The Labute approximate surface area is 135 Å². The van der Waals surface area contributed by atoms with Crippen LogP contribution in [0, 0.1) is 0 Å². The van der Waals surface area contributed by atoms with E-state index in [0.29, 0.717) is 0 Å². The second-order valence-electron chi connectivity index (χ2n) is 7.74. The molecule has 4 N–H and O–H groups in total. The van der Waals surface area contributed by atoms with Crippen LogP contribution in [0.25, 0.3) is 0 Å². The number of rotatable bonds is 0. The van der Waals surface area contributed by atoms with Crippen LogP contribution in [0.3, 0.4) is 0 Å². The second-order valence-corrected chi connectivity index (χ2v) is 7.74. The molecule has 22 heavy (non-hydrogen) atoms. The molecule has 2 heteroatoms. The predicted molar refractivity (Wildman–Crippen MR) is 99.1 cm³/mol. The lowest BCUT2D eigenvalue weighted by molar-refractivity contribution is 0.590. The van der Waals surface area contributed by atoms with Gasteiger partial charge in [0, 0.05) is 11.4 Å². The van der Waals surface area contributed by atoms with E-state index < -0.39 is 0 Å². The van der Waals surface area contributed by atoms with Crippen LogP contribution in [0.5, 0.6) is 0 Å². The van der Waals surface area contributed by atoms with E-state index in [1.165, 1.54) is 11.1 Å². The van der Waals surface area contributed by atoms with Gasteiger partial charge in [-0.1, -0.05) is 65.8 Å². The Morgan fingerprint density at radius 1 is 0.500 bits per heavy atom. The zero-order valence-electron chi connectivity index (χ0n) is 14.8. The molecule has 120 valence electrons. The third-order valence-electron chi connectivity index (χ3n) is 3.55. The Bertz CT molecular complexity index is 512. The predicted octanol–water partition coefficient (Wildman–Crippen LogP) is 5.13. The summed E-state index contributed by atoms with van der Waals surface area (Å²) in [6.45, 7) is 13.2. The van der Waals surface area contributed by atoms with Crippen molar-refractivity contribution >= 4 is 11.4 Å². The Morgan fingerprint density at radius 2 is 0.727 bits per heavy atom. The van der Waals surface area contributed by atoms with Crippen LogP contribution in [0.2, 0.25) is 0 Å². The fraction of sp³-hybridized carbons (Fsp3) is 0.400. The largest absolute Gasteiger partial charge is 0.399 e. The van der Waals surface area contributed by atoms with Gasteiger partial charge in [-0.3, -0.25) is 0 Å². The van der Waals surface area contributed by atoms with Gasteiger partial charge < -0.3 is 11.5 Å². The molecule has 0 aliphatic carbocycles. The van der Waals surface area contributed by atoms with Gasteiger partial charge >= 0.3 is 0 Å². The summed E-state index contributed by atoms with van der Waals surface area (Å²) >= 11 is 0. The molecule has 0 bridgehead atoms. The molecule has 0 spiro atoms. The zero-order chi connectivity index (χ0) is 17.0. The number of hydrogen-bond acceptors (Lipinski definition) is 2. The van der Waals surface area contributed by atoms with Crippen LogP contribution < -0.4 is 11.5 Å². The SMILES string of the molecule is CC(C)(C)c1ccc(N)cc1.CC(C)(C)c1ccc(N)cc1.